The molecule has 0 saturated heterocycles. The van der Waals surface area contributed by atoms with E-state index in [1.165, 1.54) is 29.6 Å². The van der Waals surface area contributed by atoms with Crippen molar-refractivity contribution < 1.29 is 18.3 Å². The van der Waals surface area contributed by atoms with Crippen molar-refractivity contribution in [3.8, 4) is 0 Å². The van der Waals surface area contributed by atoms with E-state index in [4.69, 9.17) is 5.11 Å². The molecule has 2 nitrogen and oxygen atoms in total. The van der Waals surface area contributed by atoms with Gasteiger partial charge < -0.3 is 10.4 Å². The second-order valence-corrected chi connectivity index (χ2v) is 3.53. The van der Waals surface area contributed by atoms with Gasteiger partial charge in [0.25, 0.3) is 0 Å². The van der Waals surface area contributed by atoms with Gasteiger partial charge in [0, 0.05) is 19.7 Å². The SMILES string of the molecule is CN/C=C(\CC(O)I)C(F)(F)F. The van der Waals surface area contributed by atoms with Gasteiger partial charge in [0.2, 0.25) is 0 Å². The van der Waals surface area contributed by atoms with Crippen LogP contribution < -0.4 is 5.32 Å². The highest BCUT2D eigenvalue weighted by molar-refractivity contribution is 14.1. The van der Waals surface area contributed by atoms with Crippen molar-refractivity contribution >= 4 is 22.6 Å². The minimum Gasteiger partial charge on any atom is -0.394 e. The Balaban J connectivity index is 4.35. The van der Waals surface area contributed by atoms with Gasteiger partial charge in [-0.1, -0.05) is 22.6 Å². The number of halogens is 4. The summed E-state index contributed by atoms with van der Waals surface area (Å²) in [5.41, 5.74) is -0.757. The summed E-state index contributed by atoms with van der Waals surface area (Å²) >= 11 is 1.52. The maximum absolute atomic E-state index is 12.0. The number of nitrogens with one attached hydrogen (secondary N) is 1. The summed E-state index contributed by atoms with van der Waals surface area (Å²) in [6, 6.07) is 0. The van der Waals surface area contributed by atoms with Crippen molar-refractivity contribution in [1.82, 2.24) is 5.32 Å². The van der Waals surface area contributed by atoms with E-state index in [1.807, 2.05) is 0 Å². The average molecular weight is 295 g/mol. The van der Waals surface area contributed by atoms with Gasteiger partial charge in [-0.05, 0) is 0 Å². The Labute approximate surface area is 82.0 Å². The minimum atomic E-state index is -4.37. The zero-order chi connectivity index (χ0) is 9.78. The third kappa shape index (κ3) is 4.81. The Morgan fingerprint density at radius 2 is 2.17 bits per heavy atom. The third-order valence-electron chi connectivity index (χ3n) is 1.07. The van der Waals surface area contributed by atoms with Crippen LogP contribution >= 0.6 is 22.6 Å². The van der Waals surface area contributed by atoms with Crippen LogP contribution in [0.3, 0.4) is 0 Å². The van der Waals surface area contributed by atoms with E-state index in [9.17, 15) is 13.2 Å². The summed E-state index contributed by atoms with van der Waals surface area (Å²) in [5, 5.41) is 11.0. The molecule has 1 atom stereocenters. The van der Waals surface area contributed by atoms with Crippen LogP contribution in [0.4, 0.5) is 13.2 Å². The van der Waals surface area contributed by atoms with Gasteiger partial charge in [-0.15, -0.1) is 0 Å². The third-order valence-corrected chi connectivity index (χ3v) is 1.51. The molecule has 0 aromatic carbocycles. The molecular formula is C6H9F3INO. The monoisotopic (exact) mass is 295 g/mol. The Kier molecular flexibility index (Phi) is 4.91. The maximum atomic E-state index is 12.0. The van der Waals surface area contributed by atoms with Crippen molar-refractivity contribution in [2.24, 2.45) is 0 Å². The summed E-state index contributed by atoms with van der Waals surface area (Å²) in [6.07, 6.45) is -3.91. The Hall–Kier alpha value is 0.0200. The molecule has 0 aliphatic carbocycles. The summed E-state index contributed by atoms with van der Waals surface area (Å²) in [5.74, 6) is 0. The van der Waals surface area contributed by atoms with Gasteiger partial charge in [0.15, 0.2) is 0 Å². The first-order chi connectivity index (χ1) is 5.38. The smallest absolute Gasteiger partial charge is 0.394 e. The Morgan fingerprint density at radius 3 is 2.42 bits per heavy atom. The van der Waals surface area contributed by atoms with E-state index in [2.05, 4.69) is 5.32 Å². The van der Waals surface area contributed by atoms with E-state index in [1.54, 1.807) is 0 Å². The van der Waals surface area contributed by atoms with E-state index in [-0.39, 0.29) is 0 Å². The standard InChI is InChI=1S/C6H9F3INO/c1-11-3-4(2-5(10)12)6(7,8)9/h3,5,11-12H,2H2,1H3/b4-3+. The molecule has 6 heteroatoms. The molecular weight excluding hydrogens is 286 g/mol. The largest absolute Gasteiger partial charge is 0.414 e. The van der Waals surface area contributed by atoms with Crippen molar-refractivity contribution in [2.75, 3.05) is 7.05 Å². The molecule has 2 N–H and O–H groups in total. The molecule has 0 radical (unpaired) electrons. The fourth-order valence-electron chi connectivity index (χ4n) is 0.612. The summed E-state index contributed by atoms with van der Waals surface area (Å²) in [4.78, 5) is 0. The zero-order valence-electron chi connectivity index (χ0n) is 6.32. The topological polar surface area (TPSA) is 32.3 Å². The fraction of sp³-hybridized carbons (Fsp3) is 0.667. The molecule has 72 valence electrons. The highest BCUT2D eigenvalue weighted by Gasteiger charge is 2.34. The molecule has 0 bridgehead atoms. The summed E-state index contributed by atoms with van der Waals surface area (Å²) < 4.78 is 35.1. The van der Waals surface area contributed by atoms with Crippen LogP contribution in [0.1, 0.15) is 6.42 Å². The van der Waals surface area contributed by atoms with Crippen molar-refractivity contribution in [2.45, 2.75) is 16.7 Å². The van der Waals surface area contributed by atoms with Crippen LogP contribution in [0.2, 0.25) is 0 Å². The minimum absolute atomic E-state index is 0.398. The predicted molar refractivity (Wildman–Crippen MR) is 47.8 cm³/mol. The van der Waals surface area contributed by atoms with Crippen molar-refractivity contribution in [1.29, 1.82) is 0 Å². The fourth-order valence-corrected chi connectivity index (χ4v) is 1.09. The second kappa shape index (κ2) is 4.90. The number of rotatable bonds is 3. The number of alkyl halides is 4. The molecule has 0 aliphatic heterocycles. The number of aliphatic hydroxyl groups is 1. The van der Waals surface area contributed by atoms with Gasteiger partial charge in [-0.25, -0.2) is 0 Å². The molecule has 0 saturated carbocycles. The van der Waals surface area contributed by atoms with Gasteiger partial charge in [-0.3, -0.25) is 0 Å². The van der Waals surface area contributed by atoms with Crippen molar-refractivity contribution in [3.05, 3.63) is 11.8 Å². The predicted octanol–water partition coefficient (Wildman–Crippen LogP) is 1.80. The highest BCUT2D eigenvalue weighted by atomic mass is 127. The molecule has 0 fully saturated rings. The number of hydrogen-bond acceptors (Lipinski definition) is 2. The van der Waals surface area contributed by atoms with Crippen LogP contribution in [0.15, 0.2) is 11.8 Å². The maximum Gasteiger partial charge on any atom is 0.414 e. The van der Waals surface area contributed by atoms with Crippen LogP contribution in [0.5, 0.6) is 0 Å². The Bertz CT molecular complexity index is 167. The molecule has 0 aromatic heterocycles. The summed E-state index contributed by atoms with van der Waals surface area (Å²) in [7, 11) is 1.38. The molecule has 0 amide bonds. The number of aliphatic hydroxyl groups excluding tert-OH is 1. The lowest BCUT2D eigenvalue weighted by atomic mass is 10.2. The lowest BCUT2D eigenvalue weighted by molar-refractivity contribution is -0.0956. The molecule has 0 aliphatic rings. The van der Waals surface area contributed by atoms with Crippen molar-refractivity contribution in [3.63, 3.8) is 0 Å². The molecule has 0 spiro atoms. The highest BCUT2D eigenvalue weighted by Crippen LogP contribution is 2.29. The van der Waals surface area contributed by atoms with E-state index in [0.29, 0.717) is 0 Å². The number of hydrogen-bond donors (Lipinski definition) is 2. The van der Waals surface area contributed by atoms with E-state index in [0.717, 1.165) is 6.20 Å². The lowest BCUT2D eigenvalue weighted by Gasteiger charge is -2.12. The first-order valence-electron chi connectivity index (χ1n) is 3.13. The van der Waals surface area contributed by atoms with Gasteiger partial charge in [0.05, 0.1) is 5.57 Å². The van der Waals surface area contributed by atoms with Gasteiger partial charge >= 0.3 is 6.18 Å². The van der Waals surface area contributed by atoms with E-state index >= 15 is 0 Å². The van der Waals surface area contributed by atoms with E-state index < -0.39 is 22.3 Å². The first-order valence-corrected chi connectivity index (χ1v) is 4.38. The molecule has 0 aromatic rings. The van der Waals surface area contributed by atoms with Gasteiger partial charge in [0.1, 0.15) is 4.11 Å². The summed E-state index contributed by atoms with van der Waals surface area (Å²) in [6.45, 7) is 0. The molecule has 0 heterocycles. The van der Waals surface area contributed by atoms with Crippen LogP contribution in [0.25, 0.3) is 0 Å². The Morgan fingerprint density at radius 1 is 1.67 bits per heavy atom. The molecule has 0 rings (SSSR count). The lowest BCUT2D eigenvalue weighted by Crippen LogP contribution is -2.17. The van der Waals surface area contributed by atoms with Crippen LogP contribution in [-0.4, -0.2) is 22.4 Å². The second-order valence-electron chi connectivity index (χ2n) is 2.09. The molecule has 12 heavy (non-hydrogen) atoms. The quantitative estimate of drug-likeness (QED) is 0.614. The first kappa shape index (κ1) is 12.0. The van der Waals surface area contributed by atoms with Gasteiger partial charge in [-0.2, -0.15) is 13.2 Å². The molecule has 1 unspecified atom stereocenters. The zero-order valence-corrected chi connectivity index (χ0v) is 8.48. The average Bonchev–Trinajstić information content (AvgIpc) is 1.83. The van der Waals surface area contributed by atoms with Crippen LogP contribution in [-0.2, 0) is 0 Å². The normalized spacial score (nSPS) is 16.0. The van der Waals surface area contributed by atoms with Crippen LogP contribution in [0, 0.1) is 0 Å².